The van der Waals surface area contributed by atoms with Gasteiger partial charge in [-0.05, 0) is 22.0 Å². The summed E-state index contributed by atoms with van der Waals surface area (Å²) in [6.07, 6.45) is 1.39. The van der Waals surface area contributed by atoms with Crippen molar-refractivity contribution < 1.29 is 4.74 Å². The van der Waals surface area contributed by atoms with Crippen LogP contribution in [-0.2, 0) is 11.2 Å². The van der Waals surface area contributed by atoms with E-state index in [-0.39, 0.29) is 0 Å². The van der Waals surface area contributed by atoms with E-state index < -0.39 is 0 Å². The average Bonchev–Trinajstić information content (AvgIpc) is 2.53. The Bertz CT molecular complexity index is 270. The first-order valence-electron chi connectivity index (χ1n) is 4.40. The highest BCUT2D eigenvalue weighted by atomic mass is 79.9. The third-order valence-corrected chi connectivity index (χ3v) is 3.77. The first-order valence-corrected chi connectivity index (χ1v) is 6.07. The Labute approximate surface area is 90.4 Å². The lowest BCUT2D eigenvalue weighted by Gasteiger charge is -2.22. The van der Waals surface area contributed by atoms with Crippen molar-refractivity contribution >= 4 is 27.3 Å². The maximum absolute atomic E-state index is 5.62. The molecule has 1 N–H and O–H groups in total. The summed E-state index contributed by atoms with van der Waals surface area (Å²) in [6, 6.07) is 2.17. The van der Waals surface area contributed by atoms with Gasteiger partial charge in [-0.25, -0.2) is 0 Å². The first-order chi connectivity index (χ1) is 6.34. The predicted molar refractivity (Wildman–Crippen MR) is 58.3 cm³/mol. The second kappa shape index (κ2) is 4.55. The van der Waals surface area contributed by atoms with E-state index in [4.69, 9.17) is 4.74 Å². The number of hydrogen-bond acceptors (Lipinski definition) is 3. The second-order valence-electron chi connectivity index (χ2n) is 3.13. The minimum atomic E-state index is 0.360. The van der Waals surface area contributed by atoms with Crippen molar-refractivity contribution in [3.8, 4) is 0 Å². The molecule has 0 aromatic carbocycles. The third kappa shape index (κ3) is 2.77. The number of hydrogen-bond donors (Lipinski definition) is 1. The molecule has 1 aromatic heterocycles. The lowest BCUT2D eigenvalue weighted by Crippen LogP contribution is -2.39. The zero-order chi connectivity index (χ0) is 9.10. The Hall–Kier alpha value is 0.1000. The number of morpholine rings is 1. The topological polar surface area (TPSA) is 21.3 Å². The van der Waals surface area contributed by atoms with Gasteiger partial charge in [-0.2, -0.15) is 0 Å². The van der Waals surface area contributed by atoms with Gasteiger partial charge >= 0.3 is 0 Å². The SMILES string of the molecule is Brc1csc(CC2CNCCO2)c1. The van der Waals surface area contributed by atoms with E-state index in [0.29, 0.717) is 6.10 Å². The van der Waals surface area contributed by atoms with Crippen LogP contribution in [0.4, 0.5) is 0 Å². The van der Waals surface area contributed by atoms with E-state index in [2.05, 4.69) is 32.7 Å². The van der Waals surface area contributed by atoms with E-state index in [9.17, 15) is 0 Å². The Morgan fingerprint density at radius 2 is 2.62 bits per heavy atom. The molecule has 0 radical (unpaired) electrons. The molecule has 2 heterocycles. The quantitative estimate of drug-likeness (QED) is 0.880. The molecule has 0 saturated carbocycles. The van der Waals surface area contributed by atoms with E-state index in [1.165, 1.54) is 9.35 Å². The van der Waals surface area contributed by atoms with Gasteiger partial charge in [0.1, 0.15) is 0 Å². The highest BCUT2D eigenvalue weighted by Crippen LogP contribution is 2.21. The highest BCUT2D eigenvalue weighted by molar-refractivity contribution is 9.10. The van der Waals surface area contributed by atoms with E-state index in [1.54, 1.807) is 11.3 Å². The molecule has 0 spiro atoms. The van der Waals surface area contributed by atoms with Gasteiger partial charge in [0.2, 0.25) is 0 Å². The maximum atomic E-state index is 5.62. The molecule has 1 aliphatic heterocycles. The Morgan fingerprint density at radius 3 is 3.23 bits per heavy atom. The monoisotopic (exact) mass is 261 g/mol. The largest absolute Gasteiger partial charge is 0.375 e. The molecule has 1 fully saturated rings. The van der Waals surface area contributed by atoms with Crippen molar-refractivity contribution in [2.45, 2.75) is 12.5 Å². The van der Waals surface area contributed by atoms with E-state index in [0.717, 1.165) is 26.1 Å². The zero-order valence-corrected chi connectivity index (χ0v) is 9.66. The number of ether oxygens (including phenoxy) is 1. The molecule has 0 bridgehead atoms. The van der Waals surface area contributed by atoms with Crippen molar-refractivity contribution in [3.05, 3.63) is 20.8 Å². The third-order valence-electron chi connectivity index (χ3n) is 2.06. The van der Waals surface area contributed by atoms with E-state index >= 15 is 0 Å². The normalized spacial score (nSPS) is 23.3. The fourth-order valence-corrected chi connectivity index (χ4v) is 2.95. The molecular formula is C9H12BrNOS. The molecule has 1 aliphatic rings. The summed E-state index contributed by atoms with van der Waals surface area (Å²) in [6.45, 7) is 2.82. The van der Waals surface area contributed by atoms with Crippen molar-refractivity contribution in [1.29, 1.82) is 0 Å². The van der Waals surface area contributed by atoms with Crippen LogP contribution in [0.1, 0.15) is 4.88 Å². The van der Waals surface area contributed by atoms with Gasteiger partial charge in [0.25, 0.3) is 0 Å². The number of nitrogens with one attached hydrogen (secondary N) is 1. The van der Waals surface area contributed by atoms with Gasteiger partial charge in [-0.3, -0.25) is 0 Å². The first kappa shape index (κ1) is 9.65. The van der Waals surface area contributed by atoms with Gasteiger partial charge < -0.3 is 10.1 Å². The van der Waals surface area contributed by atoms with E-state index in [1.807, 2.05) is 0 Å². The number of thiophene rings is 1. The van der Waals surface area contributed by atoms with Crippen molar-refractivity contribution in [3.63, 3.8) is 0 Å². The van der Waals surface area contributed by atoms with Crippen LogP contribution >= 0.6 is 27.3 Å². The molecule has 2 nitrogen and oxygen atoms in total. The van der Waals surface area contributed by atoms with Crippen LogP contribution in [0, 0.1) is 0 Å². The lowest BCUT2D eigenvalue weighted by atomic mass is 10.2. The van der Waals surface area contributed by atoms with Crippen molar-refractivity contribution in [2.75, 3.05) is 19.7 Å². The molecule has 0 amide bonds. The molecule has 4 heteroatoms. The summed E-state index contributed by atoms with van der Waals surface area (Å²) in [5.41, 5.74) is 0. The summed E-state index contributed by atoms with van der Waals surface area (Å²) in [5, 5.41) is 5.45. The smallest absolute Gasteiger partial charge is 0.0748 e. The summed E-state index contributed by atoms with van der Waals surface area (Å²) < 4.78 is 6.80. The van der Waals surface area contributed by atoms with Gasteiger partial charge in [0, 0.05) is 34.2 Å². The molecule has 2 rings (SSSR count). The predicted octanol–water partition coefficient (Wildman–Crippen LogP) is 2.04. The van der Waals surface area contributed by atoms with Crippen molar-refractivity contribution in [2.24, 2.45) is 0 Å². The average molecular weight is 262 g/mol. The minimum Gasteiger partial charge on any atom is -0.375 e. The maximum Gasteiger partial charge on any atom is 0.0748 e. The molecule has 72 valence electrons. The Morgan fingerprint density at radius 1 is 1.69 bits per heavy atom. The Kier molecular flexibility index (Phi) is 3.38. The van der Waals surface area contributed by atoms with Gasteiger partial charge in [-0.1, -0.05) is 0 Å². The number of halogens is 1. The van der Waals surface area contributed by atoms with Crippen LogP contribution in [0.2, 0.25) is 0 Å². The van der Waals surface area contributed by atoms with Crippen LogP contribution in [0.5, 0.6) is 0 Å². The molecule has 1 atom stereocenters. The van der Waals surface area contributed by atoms with Gasteiger partial charge in [-0.15, -0.1) is 11.3 Å². The van der Waals surface area contributed by atoms with Gasteiger partial charge in [0.05, 0.1) is 12.7 Å². The molecule has 1 aromatic rings. The number of rotatable bonds is 2. The molecule has 13 heavy (non-hydrogen) atoms. The molecule has 1 saturated heterocycles. The summed E-state index contributed by atoms with van der Waals surface area (Å²) >= 11 is 5.24. The van der Waals surface area contributed by atoms with Crippen molar-refractivity contribution in [1.82, 2.24) is 5.32 Å². The summed E-state index contributed by atoms with van der Waals surface area (Å²) in [4.78, 5) is 1.39. The van der Waals surface area contributed by atoms with Crippen LogP contribution in [0.3, 0.4) is 0 Å². The molecular weight excluding hydrogens is 250 g/mol. The van der Waals surface area contributed by atoms with Crippen LogP contribution < -0.4 is 5.32 Å². The summed E-state index contributed by atoms with van der Waals surface area (Å²) in [5.74, 6) is 0. The second-order valence-corrected chi connectivity index (χ2v) is 5.04. The Balaban J connectivity index is 1.89. The fourth-order valence-electron chi connectivity index (χ4n) is 1.44. The summed E-state index contributed by atoms with van der Waals surface area (Å²) in [7, 11) is 0. The molecule has 1 unspecified atom stereocenters. The fraction of sp³-hybridized carbons (Fsp3) is 0.556. The van der Waals surface area contributed by atoms with Crippen LogP contribution in [-0.4, -0.2) is 25.8 Å². The zero-order valence-electron chi connectivity index (χ0n) is 7.25. The highest BCUT2D eigenvalue weighted by Gasteiger charge is 2.14. The van der Waals surface area contributed by atoms with Gasteiger partial charge in [0.15, 0.2) is 0 Å². The van der Waals surface area contributed by atoms with Crippen LogP contribution in [0.15, 0.2) is 15.9 Å². The molecule has 0 aliphatic carbocycles. The lowest BCUT2D eigenvalue weighted by molar-refractivity contribution is 0.0297. The van der Waals surface area contributed by atoms with Crippen LogP contribution in [0.25, 0.3) is 0 Å². The standard InChI is InChI=1S/C9H12BrNOS/c10-7-3-9(13-6-7)4-8-5-11-1-2-12-8/h3,6,8,11H,1-2,4-5H2. The minimum absolute atomic E-state index is 0.360.